The van der Waals surface area contributed by atoms with E-state index in [1.807, 2.05) is 55.5 Å². The predicted molar refractivity (Wildman–Crippen MR) is 133 cm³/mol. The molecule has 5 nitrogen and oxygen atoms in total. The lowest BCUT2D eigenvalue weighted by Crippen LogP contribution is -2.23. The molecule has 4 rings (SSSR count). The van der Waals surface area contributed by atoms with E-state index in [2.05, 4.69) is 20.6 Å². The standard InChI is InChI=1S/C23H18Cl2N4OS2/c1-14-8-9-16(31-20-13-28-23(32-20)29-19-7-2-3-10-26-19)11-17(14)22(30)27-12-15-5-4-6-18(24)21(15)25/h2-11,13H,12H2,1H3,(H,27,30)(H,26,28,29). The Hall–Kier alpha value is -2.58. The van der Waals surface area contributed by atoms with Crippen molar-refractivity contribution in [1.82, 2.24) is 15.3 Å². The molecule has 0 atom stereocenters. The number of thiazole rings is 1. The van der Waals surface area contributed by atoms with Crippen molar-refractivity contribution in [2.45, 2.75) is 22.6 Å². The van der Waals surface area contributed by atoms with E-state index < -0.39 is 0 Å². The number of aryl methyl sites for hydroxylation is 1. The van der Waals surface area contributed by atoms with Crippen LogP contribution in [-0.4, -0.2) is 15.9 Å². The Bertz CT molecular complexity index is 1250. The molecule has 0 aliphatic rings. The van der Waals surface area contributed by atoms with Crippen LogP contribution in [0.1, 0.15) is 21.5 Å². The van der Waals surface area contributed by atoms with E-state index in [1.54, 1.807) is 30.2 Å². The van der Waals surface area contributed by atoms with E-state index in [-0.39, 0.29) is 5.91 Å². The number of carbonyl (C=O) groups is 1. The fourth-order valence-corrected chi connectivity index (χ4v) is 5.18. The zero-order chi connectivity index (χ0) is 22.5. The third kappa shape index (κ3) is 5.61. The molecule has 0 aliphatic carbocycles. The summed E-state index contributed by atoms with van der Waals surface area (Å²) < 4.78 is 1.00. The molecule has 2 heterocycles. The van der Waals surface area contributed by atoms with Crippen LogP contribution in [0.4, 0.5) is 10.9 Å². The molecule has 0 fully saturated rings. The van der Waals surface area contributed by atoms with Gasteiger partial charge in [-0.15, -0.1) is 0 Å². The number of benzene rings is 2. The minimum Gasteiger partial charge on any atom is -0.348 e. The van der Waals surface area contributed by atoms with Crippen LogP contribution in [-0.2, 0) is 6.54 Å². The van der Waals surface area contributed by atoms with Gasteiger partial charge in [-0.1, -0.05) is 70.6 Å². The van der Waals surface area contributed by atoms with Gasteiger partial charge in [-0.2, -0.15) is 0 Å². The Kier molecular flexibility index (Phi) is 7.32. The van der Waals surface area contributed by atoms with Crippen molar-refractivity contribution in [3.05, 3.63) is 93.7 Å². The molecule has 0 unspecified atom stereocenters. The van der Waals surface area contributed by atoms with Crippen molar-refractivity contribution in [2.75, 3.05) is 5.32 Å². The van der Waals surface area contributed by atoms with Crippen LogP contribution in [0.25, 0.3) is 0 Å². The van der Waals surface area contributed by atoms with E-state index in [4.69, 9.17) is 23.2 Å². The smallest absolute Gasteiger partial charge is 0.251 e. The Balaban J connectivity index is 1.43. The Morgan fingerprint density at radius 3 is 2.78 bits per heavy atom. The van der Waals surface area contributed by atoms with Crippen LogP contribution in [0.2, 0.25) is 10.0 Å². The van der Waals surface area contributed by atoms with E-state index in [0.29, 0.717) is 22.2 Å². The monoisotopic (exact) mass is 500 g/mol. The van der Waals surface area contributed by atoms with Crippen LogP contribution in [0.3, 0.4) is 0 Å². The van der Waals surface area contributed by atoms with Gasteiger partial charge < -0.3 is 10.6 Å². The molecular formula is C23H18Cl2N4OS2. The zero-order valence-electron chi connectivity index (χ0n) is 16.9. The highest BCUT2D eigenvalue weighted by molar-refractivity contribution is 8.01. The molecule has 0 saturated carbocycles. The van der Waals surface area contributed by atoms with Crippen LogP contribution in [0, 0.1) is 6.92 Å². The lowest BCUT2D eigenvalue weighted by atomic mass is 10.1. The van der Waals surface area contributed by atoms with Gasteiger partial charge >= 0.3 is 0 Å². The summed E-state index contributed by atoms with van der Waals surface area (Å²) >= 11 is 15.4. The topological polar surface area (TPSA) is 66.9 Å². The number of halogens is 2. The molecule has 9 heteroatoms. The number of hydrogen-bond acceptors (Lipinski definition) is 6. The maximum absolute atomic E-state index is 12.8. The second-order valence-electron chi connectivity index (χ2n) is 6.80. The van der Waals surface area contributed by atoms with Crippen LogP contribution in [0.5, 0.6) is 0 Å². The average molecular weight is 501 g/mol. The fraction of sp³-hybridized carbons (Fsp3) is 0.0870. The Labute approximate surface area is 204 Å². The highest BCUT2D eigenvalue weighted by Gasteiger charge is 2.13. The SMILES string of the molecule is Cc1ccc(Sc2cnc(Nc3ccccn3)s2)cc1C(=O)NCc1cccc(Cl)c1Cl. The third-order valence-corrected chi connectivity index (χ3v) is 7.39. The number of nitrogens with one attached hydrogen (secondary N) is 2. The first-order chi connectivity index (χ1) is 15.5. The van der Waals surface area contributed by atoms with Gasteiger partial charge in [0.05, 0.1) is 20.5 Å². The number of pyridine rings is 1. The molecule has 2 aromatic heterocycles. The summed E-state index contributed by atoms with van der Waals surface area (Å²) in [6.45, 7) is 2.21. The summed E-state index contributed by atoms with van der Waals surface area (Å²) in [5.74, 6) is 0.579. The molecule has 2 N–H and O–H groups in total. The van der Waals surface area contributed by atoms with Gasteiger partial charge in [0.2, 0.25) is 0 Å². The van der Waals surface area contributed by atoms with Crippen molar-refractivity contribution in [2.24, 2.45) is 0 Å². The average Bonchev–Trinajstić information content (AvgIpc) is 3.23. The first kappa shape index (κ1) is 22.6. The van der Waals surface area contributed by atoms with Crippen molar-refractivity contribution in [1.29, 1.82) is 0 Å². The highest BCUT2D eigenvalue weighted by Crippen LogP contribution is 2.35. The quantitative estimate of drug-likeness (QED) is 0.286. The lowest BCUT2D eigenvalue weighted by Gasteiger charge is -2.11. The normalized spacial score (nSPS) is 10.7. The summed E-state index contributed by atoms with van der Waals surface area (Å²) in [7, 11) is 0. The maximum atomic E-state index is 12.8. The molecular weight excluding hydrogens is 483 g/mol. The number of rotatable bonds is 7. The predicted octanol–water partition coefficient (Wildman–Crippen LogP) is 6.98. The van der Waals surface area contributed by atoms with Crippen molar-refractivity contribution in [3.63, 3.8) is 0 Å². The Morgan fingerprint density at radius 1 is 1.09 bits per heavy atom. The van der Waals surface area contributed by atoms with Gasteiger partial charge in [-0.3, -0.25) is 4.79 Å². The van der Waals surface area contributed by atoms with Gasteiger partial charge in [0, 0.05) is 23.2 Å². The second kappa shape index (κ2) is 10.4. The number of carbonyl (C=O) groups excluding carboxylic acids is 1. The van der Waals surface area contributed by atoms with Crippen molar-refractivity contribution >= 4 is 63.2 Å². The molecule has 0 bridgehead atoms. The molecule has 0 radical (unpaired) electrons. The first-order valence-corrected chi connectivity index (χ1v) is 12.0. The molecule has 162 valence electrons. The molecule has 32 heavy (non-hydrogen) atoms. The van der Waals surface area contributed by atoms with Crippen LogP contribution >= 0.6 is 46.3 Å². The van der Waals surface area contributed by atoms with E-state index in [9.17, 15) is 4.79 Å². The molecule has 2 aromatic carbocycles. The molecule has 4 aromatic rings. The highest BCUT2D eigenvalue weighted by atomic mass is 35.5. The van der Waals surface area contributed by atoms with Crippen molar-refractivity contribution in [3.8, 4) is 0 Å². The van der Waals surface area contributed by atoms with Gasteiger partial charge in [0.15, 0.2) is 5.13 Å². The van der Waals surface area contributed by atoms with E-state index >= 15 is 0 Å². The van der Waals surface area contributed by atoms with Crippen LogP contribution < -0.4 is 10.6 Å². The summed E-state index contributed by atoms with van der Waals surface area (Å²) in [6.07, 6.45) is 3.53. The molecule has 1 amide bonds. The first-order valence-electron chi connectivity index (χ1n) is 9.63. The van der Waals surface area contributed by atoms with E-state index in [1.165, 1.54) is 11.3 Å². The number of amides is 1. The van der Waals surface area contributed by atoms with Crippen LogP contribution in [0.15, 0.2) is 76.1 Å². The van der Waals surface area contributed by atoms with Gasteiger partial charge in [-0.05, 0) is 48.4 Å². The maximum Gasteiger partial charge on any atom is 0.251 e. The van der Waals surface area contributed by atoms with Gasteiger partial charge in [0.25, 0.3) is 5.91 Å². The minimum absolute atomic E-state index is 0.164. The number of nitrogens with zero attached hydrogens (tertiary/aromatic N) is 2. The van der Waals surface area contributed by atoms with Gasteiger partial charge in [0.1, 0.15) is 5.82 Å². The molecule has 0 saturated heterocycles. The van der Waals surface area contributed by atoms with Crippen molar-refractivity contribution < 1.29 is 4.79 Å². The minimum atomic E-state index is -0.164. The molecule has 0 spiro atoms. The third-order valence-electron chi connectivity index (χ3n) is 4.53. The largest absolute Gasteiger partial charge is 0.348 e. The van der Waals surface area contributed by atoms with Gasteiger partial charge in [-0.25, -0.2) is 9.97 Å². The summed E-state index contributed by atoms with van der Waals surface area (Å²) in [5.41, 5.74) is 2.28. The summed E-state index contributed by atoms with van der Waals surface area (Å²) in [4.78, 5) is 22.4. The number of hydrogen-bond donors (Lipinski definition) is 2. The number of anilines is 2. The summed E-state index contributed by atoms with van der Waals surface area (Å²) in [5, 5.41) is 7.80. The Morgan fingerprint density at radius 2 is 1.97 bits per heavy atom. The number of aromatic nitrogens is 2. The van der Waals surface area contributed by atoms with E-state index in [0.717, 1.165) is 31.2 Å². The zero-order valence-corrected chi connectivity index (χ0v) is 20.1. The fourth-order valence-electron chi connectivity index (χ4n) is 2.89. The molecule has 0 aliphatic heterocycles. The second-order valence-corrected chi connectivity index (χ2v) is 9.99. The lowest BCUT2D eigenvalue weighted by molar-refractivity contribution is 0.0950. The summed E-state index contributed by atoms with van der Waals surface area (Å²) in [6, 6.07) is 16.9.